The number of hydrogen-bond donors (Lipinski definition) is 2. The fourth-order valence-corrected chi connectivity index (χ4v) is 2.16. The van der Waals surface area contributed by atoms with E-state index in [1.807, 2.05) is 49.4 Å². The Balaban J connectivity index is 1.71. The van der Waals surface area contributed by atoms with Gasteiger partial charge < -0.3 is 5.32 Å². The summed E-state index contributed by atoms with van der Waals surface area (Å²) < 4.78 is 0. The third-order valence-electron chi connectivity index (χ3n) is 3.24. The Labute approximate surface area is 116 Å². The van der Waals surface area contributed by atoms with Gasteiger partial charge in [0, 0.05) is 17.5 Å². The zero-order chi connectivity index (χ0) is 13.9. The lowest BCUT2D eigenvalue weighted by Crippen LogP contribution is -2.22. The first-order chi connectivity index (χ1) is 9.72. The molecule has 0 aliphatic carbocycles. The van der Waals surface area contributed by atoms with Gasteiger partial charge in [0.25, 0.3) is 5.91 Å². The number of aromatic nitrogens is 2. The molecular formula is C16H15N3O. The van der Waals surface area contributed by atoms with Crippen molar-refractivity contribution < 1.29 is 4.79 Å². The van der Waals surface area contributed by atoms with Gasteiger partial charge in [-0.05, 0) is 30.7 Å². The van der Waals surface area contributed by atoms with E-state index in [9.17, 15) is 4.79 Å². The molecule has 1 heterocycles. The van der Waals surface area contributed by atoms with Crippen LogP contribution in [0.4, 0.5) is 0 Å². The van der Waals surface area contributed by atoms with Gasteiger partial charge in [0.15, 0.2) is 0 Å². The molecule has 0 aliphatic rings. The van der Waals surface area contributed by atoms with E-state index < -0.39 is 0 Å². The van der Waals surface area contributed by atoms with Gasteiger partial charge in [0.1, 0.15) is 0 Å². The average molecular weight is 265 g/mol. The number of benzene rings is 2. The number of nitrogens with one attached hydrogen (secondary N) is 2. The first-order valence-electron chi connectivity index (χ1n) is 6.49. The maximum Gasteiger partial charge on any atom is 0.251 e. The number of rotatable bonds is 3. The molecule has 100 valence electrons. The summed E-state index contributed by atoms with van der Waals surface area (Å²) >= 11 is 0. The molecule has 3 rings (SSSR count). The molecule has 3 aromatic rings. The molecule has 0 bridgehead atoms. The highest BCUT2D eigenvalue weighted by Gasteiger charge is 2.05. The number of nitrogens with zero attached hydrogens (tertiary/aromatic N) is 1. The summed E-state index contributed by atoms with van der Waals surface area (Å²) in [5.74, 6) is -0.0570. The fraction of sp³-hybridized carbons (Fsp3) is 0.125. The maximum absolute atomic E-state index is 12.1. The zero-order valence-electron chi connectivity index (χ0n) is 11.2. The fourth-order valence-electron chi connectivity index (χ4n) is 2.16. The van der Waals surface area contributed by atoms with E-state index in [0.29, 0.717) is 12.1 Å². The second kappa shape index (κ2) is 5.17. The Morgan fingerprint density at radius 3 is 3.00 bits per heavy atom. The van der Waals surface area contributed by atoms with Crippen molar-refractivity contribution in [2.24, 2.45) is 0 Å². The Morgan fingerprint density at radius 1 is 1.25 bits per heavy atom. The van der Waals surface area contributed by atoms with Gasteiger partial charge in [-0.15, -0.1) is 0 Å². The lowest BCUT2D eigenvalue weighted by atomic mass is 10.1. The lowest BCUT2D eigenvalue weighted by Gasteiger charge is -2.06. The minimum Gasteiger partial charge on any atom is -0.348 e. The third-order valence-corrected chi connectivity index (χ3v) is 3.24. The van der Waals surface area contributed by atoms with Gasteiger partial charge >= 0.3 is 0 Å². The van der Waals surface area contributed by atoms with Crippen LogP contribution in [0.15, 0.2) is 48.7 Å². The molecule has 0 saturated carbocycles. The molecule has 0 spiro atoms. The molecular weight excluding hydrogens is 250 g/mol. The highest BCUT2D eigenvalue weighted by molar-refractivity contribution is 5.94. The monoisotopic (exact) mass is 265 g/mol. The highest BCUT2D eigenvalue weighted by Crippen LogP contribution is 2.12. The lowest BCUT2D eigenvalue weighted by molar-refractivity contribution is 0.0951. The molecule has 4 nitrogen and oxygen atoms in total. The molecule has 0 saturated heterocycles. The van der Waals surface area contributed by atoms with Crippen LogP contribution in [0.2, 0.25) is 0 Å². The Kier molecular flexibility index (Phi) is 3.21. The summed E-state index contributed by atoms with van der Waals surface area (Å²) in [5.41, 5.74) is 3.79. The van der Waals surface area contributed by atoms with Crippen LogP contribution < -0.4 is 5.32 Å². The third kappa shape index (κ3) is 2.54. The number of amides is 1. The first kappa shape index (κ1) is 12.4. The second-order valence-corrected chi connectivity index (χ2v) is 4.84. The van der Waals surface area contributed by atoms with Crippen molar-refractivity contribution >= 4 is 16.8 Å². The average Bonchev–Trinajstić information content (AvgIpc) is 2.92. The van der Waals surface area contributed by atoms with Gasteiger partial charge in [-0.1, -0.05) is 29.8 Å². The topological polar surface area (TPSA) is 57.8 Å². The van der Waals surface area contributed by atoms with Crippen molar-refractivity contribution in [3.63, 3.8) is 0 Å². The van der Waals surface area contributed by atoms with Gasteiger partial charge in [-0.3, -0.25) is 9.89 Å². The Bertz CT molecular complexity index is 761. The predicted molar refractivity (Wildman–Crippen MR) is 78.4 cm³/mol. The number of aromatic amines is 1. The molecule has 0 atom stereocenters. The number of fused-ring (bicyclic) bond motifs is 1. The smallest absolute Gasteiger partial charge is 0.251 e. The van der Waals surface area contributed by atoms with E-state index in [0.717, 1.165) is 22.0 Å². The van der Waals surface area contributed by atoms with Crippen LogP contribution in [0.25, 0.3) is 10.9 Å². The van der Waals surface area contributed by atoms with Crippen molar-refractivity contribution in [2.75, 3.05) is 0 Å². The van der Waals surface area contributed by atoms with Gasteiger partial charge in [-0.25, -0.2) is 0 Å². The standard InChI is InChI=1S/C16H15N3O/c1-11-3-2-4-13(7-11)16(20)17-9-12-5-6-14-10-18-19-15(14)8-12/h2-8,10H,9H2,1H3,(H,17,20)(H,18,19). The van der Waals surface area contributed by atoms with Crippen LogP contribution in [-0.2, 0) is 6.54 Å². The van der Waals surface area contributed by atoms with Crippen molar-refractivity contribution in [2.45, 2.75) is 13.5 Å². The van der Waals surface area contributed by atoms with Gasteiger partial charge in [0.2, 0.25) is 0 Å². The van der Waals surface area contributed by atoms with Gasteiger partial charge in [0.05, 0.1) is 11.7 Å². The van der Waals surface area contributed by atoms with Crippen LogP contribution in [0.3, 0.4) is 0 Å². The number of hydrogen-bond acceptors (Lipinski definition) is 2. The molecule has 4 heteroatoms. The molecule has 0 radical (unpaired) electrons. The number of carbonyl (C=O) groups is 1. The van der Waals surface area contributed by atoms with Crippen LogP contribution >= 0.6 is 0 Å². The summed E-state index contributed by atoms with van der Waals surface area (Å²) in [6.07, 6.45) is 1.78. The van der Waals surface area contributed by atoms with Crippen molar-refractivity contribution in [3.05, 3.63) is 65.4 Å². The molecule has 1 amide bonds. The van der Waals surface area contributed by atoms with E-state index in [1.165, 1.54) is 0 Å². The minimum atomic E-state index is -0.0570. The Morgan fingerprint density at radius 2 is 2.15 bits per heavy atom. The SMILES string of the molecule is Cc1cccc(C(=O)NCc2ccc3cn[nH]c3c2)c1. The number of H-pyrrole nitrogens is 1. The predicted octanol–water partition coefficient (Wildman–Crippen LogP) is 2.80. The summed E-state index contributed by atoms with van der Waals surface area (Å²) in [5, 5.41) is 10.9. The van der Waals surface area contributed by atoms with E-state index >= 15 is 0 Å². The van der Waals surface area contributed by atoms with E-state index in [4.69, 9.17) is 0 Å². The van der Waals surface area contributed by atoms with Gasteiger partial charge in [-0.2, -0.15) is 5.10 Å². The molecule has 0 aliphatic heterocycles. The van der Waals surface area contributed by atoms with Crippen molar-refractivity contribution in [1.82, 2.24) is 15.5 Å². The van der Waals surface area contributed by atoms with Crippen LogP contribution in [0, 0.1) is 6.92 Å². The summed E-state index contributed by atoms with van der Waals surface area (Å²) in [6.45, 7) is 2.48. The molecule has 1 aromatic heterocycles. The normalized spacial score (nSPS) is 10.7. The van der Waals surface area contributed by atoms with Crippen molar-refractivity contribution in [1.29, 1.82) is 0 Å². The highest BCUT2D eigenvalue weighted by atomic mass is 16.1. The minimum absolute atomic E-state index is 0.0570. The van der Waals surface area contributed by atoms with Crippen LogP contribution in [0.1, 0.15) is 21.5 Å². The maximum atomic E-state index is 12.1. The Hall–Kier alpha value is -2.62. The summed E-state index contributed by atoms with van der Waals surface area (Å²) in [6, 6.07) is 13.6. The number of carbonyl (C=O) groups excluding carboxylic acids is 1. The molecule has 0 fully saturated rings. The number of aryl methyl sites for hydroxylation is 1. The molecule has 0 unspecified atom stereocenters. The van der Waals surface area contributed by atoms with E-state index in [1.54, 1.807) is 6.20 Å². The molecule has 2 N–H and O–H groups in total. The van der Waals surface area contributed by atoms with Crippen LogP contribution in [-0.4, -0.2) is 16.1 Å². The van der Waals surface area contributed by atoms with E-state index in [-0.39, 0.29) is 5.91 Å². The molecule has 20 heavy (non-hydrogen) atoms. The van der Waals surface area contributed by atoms with E-state index in [2.05, 4.69) is 15.5 Å². The zero-order valence-corrected chi connectivity index (χ0v) is 11.2. The first-order valence-corrected chi connectivity index (χ1v) is 6.49. The van der Waals surface area contributed by atoms with Crippen molar-refractivity contribution in [3.8, 4) is 0 Å². The summed E-state index contributed by atoms with van der Waals surface area (Å²) in [7, 11) is 0. The quantitative estimate of drug-likeness (QED) is 0.765. The summed E-state index contributed by atoms with van der Waals surface area (Å²) in [4.78, 5) is 12.1. The molecule has 2 aromatic carbocycles. The second-order valence-electron chi connectivity index (χ2n) is 4.84. The van der Waals surface area contributed by atoms with Crippen LogP contribution in [0.5, 0.6) is 0 Å². The largest absolute Gasteiger partial charge is 0.348 e.